The second kappa shape index (κ2) is 7.34. The van der Waals surface area contributed by atoms with Crippen molar-refractivity contribution in [2.75, 3.05) is 5.32 Å². The van der Waals surface area contributed by atoms with Gasteiger partial charge in [0.25, 0.3) is 0 Å². The lowest BCUT2D eigenvalue weighted by Crippen LogP contribution is -2.25. The molecule has 0 aliphatic carbocycles. The molecule has 132 valence electrons. The van der Waals surface area contributed by atoms with Crippen LogP contribution in [0.25, 0.3) is 0 Å². The minimum atomic E-state index is -0.937. The fourth-order valence-electron chi connectivity index (χ4n) is 2.52. The van der Waals surface area contributed by atoms with Gasteiger partial charge in [-0.1, -0.05) is 0 Å². The molecule has 6 heteroatoms. The van der Waals surface area contributed by atoms with E-state index in [-0.39, 0.29) is 11.7 Å². The maximum absolute atomic E-state index is 12.4. The summed E-state index contributed by atoms with van der Waals surface area (Å²) in [6.07, 6.45) is -0.937. The van der Waals surface area contributed by atoms with Crippen molar-refractivity contribution in [1.82, 2.24) is 0 Å². The lowest BCUT2D eigenvalue weighted by atomic mass is 10.1. The van der Waals surface area contributed by atoms with Crippen molar-refractivity contribution >= 4 is 23.3 Å². The van der Waals surface area contributed by atoms with E-state index in [9.17, 15) is 14.4 Å². The number of benzene rings is 1. The third kappa shape index (κ3) is 4.15. The van der Waals surface area contributed by atoms with Gasteiger partial charge in [0.1, 0.15) is 17.1 Å². The van der Waals surface area contributed by atoms with E-state index >= 15 is 0 Å². The van der Waals surface area contributed by atoms with Crippen LogP contribution in [-0.4, -0.2) is 23.8 Å². The molecule has 2 rings (SSSR count). The average Bonchev–Trinajstić information content (AvgIpc) is 2.79. The fraction of sp³-hybridized carbons (Fsp3) is 0.316. The second-order valence-electron chi connectivity index (χ2n) is 5.88. The number of anilines is 1. The number of carbonyl (C=O) groups is 3. The van der Waals surface area contributed by atoms with Crippen molar-refractivity contribution in [3.8, 4) is 0 Å². The van der Waals surface area contributed by atoms with Gasteiger partial charge < -0.3 is 14.5 Å². The summed E-state index contributed by atoms with van der Waals surface area (Å²) in [7, 11) is 0. The lowest BCUT2D eigenvalue weighted by Gasteiger charge is -2.13. The molecule has 0 bridgehead atoms. The number of amides is 1. The van der Waals surface area contributed by atoms with Crippen molar-refractivity contribution < 1.29 is 23.5 Å². The van der Waals surface area contributed by atoms with Gasteiger partial charge in [-0.05, 0) is 52.0 Å². The topological polar surface area (TPSA) is 85.6 Å². The number of rotatable bonds is 5. The monoisotopic (exact) mass is 343 g/mol. The number of nitrogens with one attached hydrogen (secondary N) is 1. The highest BCUT2D eigenvalue weighted by molar-refractivity contribution is 6.02. The minimum Gasteiger partial charge on any atom is -0.465 e. The van der Waals surface area contributed by atoms with E-state index in [1.807, 2.05) is 0 Å². The predicted octanol–water partition coefficient (Wildman–Crippen LogP) is 3.59. The number of aryl methyl sites for hydroxylation is 2. The molecule has 0 aliphatic rings. The van der Waals surface area contributed by atoms with Gasteiger partial charge in [-0.3, -0.25) is 9.59 Å². The van der Waals surface area contributed by atoms with Gasteiger partial charge in [0.15, 0.2) is 6.10 Å². The Hall–Kier alpha value is -2.89. The summed E-state index contributed by atoms with van der Waals surface area (Å²) in [5.41, 5.74) is 2.06. The van der Waals surface area contributed by atoms with Gasteiger partial charge in [-0.15, -0.1) is 0 Å². The molecular weight excluding hydrogens is 322 g/mol. The molecule has 1 aromatic carbocycles. The first kappa shape index (κ1) is 18.4. The molecule has 1 N–H and O–H groups in total. The van der Waals surface area contributed by atoms with Crippen molar-refractivity contribution in [3.05, 3.63) is 52.5 Å². The second-order valence-corrected chi connectivity index (χ2v) is 5.88. The molecular formula is C19H21NO5. The molecule has 1 aromatic heterocycles. The van der Waals surface area contributed by atoms with Crippen LogP contribution in [-0.2, 0) is 9.53 Å². The normalized spacial score (nSPS) is 11.7. The Morgan fingerprint density at radius 1 is 1.04 bits per heavy atom. The lowest BCUT2D eigenvalue weighted by molar-refractivity contribution is -0.114. The molecule has 25 heavy (non-hydrogen) atoms. The molecule has 0 unspecified atom stereocenters. The zero-order valence-electron chi connectivity index (χ0n) is 14.9. The highest BCUT2D eigenvalue weighted by atomic mass is 16.5. The van der Waals surface area contributed by atoms with Gasteiger partial charge in [0, 0.05) is 23.7 Å². The van der Waals surface area contributed by atoms with Crippen LogP contribution in [0, 0.1) is 20.8 Å². The number of hydrogen-bond acceptors (Lipinski definition) is 5. The first-order valence-corrected chi connectivity index (χ1v) is 7.90. The molecule has 0 aliphatic heterocycles. The van der Waals surface area contributed by atoms with Crippen LogP contribution < -0.4 is 5.32 Å². The van der Waals surface area contributed by atoms with Gasteiger partial charge in [-0.2, -0.15) is 0 Å². The molecule has 6 nitrogen and oxygen atoms in total. The van der Waals surface area contributed by atoms with Crippen LogP contribution in [0.4, 0.5) is 5.69 Å². The third-order valence-electron chi connectivity index (χ3n) is 3.91. The molecule has 1 heterocycles. The number of hydrogen-bond donors (Lipinski definition) is 1. The molecule has 0 radical (unpaired) electrons. The van der Waals surface area contributed by atoms with Crippen LogP contribution in [0.1, 0.15) is 51.6 Å². The zero-order valence-corrected chi connectivity index (χ0v) is 14.9. The number of furan rings is 1. The Bertz CT molecular complexity index is 817. The molecule has 0 fully saturated rings. The van der Waals surface area contributed by atoms with Crippen LogP contribution >= 0.6 is 0 Å². The molecule has 0 spiro atoms. The van der Waals surface area contributed by atoms with Gasteiger partial charge in [-0.25, -0.2) is 4.79 Å². The molecule has 0 saturated heterocycles. The van der Waals surface area contributed by atoms with E-state index in [1.165, 1.54) is 13.8 Å². The minimum absolute atomic E-state index is 0.192. The van der Waals surface area contributed by atoms with E-state index in [4.69, 9.17) is 9.15 Å². The van der Waals surface area contributed by atoms with E-state index < -0.39 is 12.1 Å². The summed E-state index contributed by atoms with van der Waals surface area (Å²) in [4.78, 5) is 35.8. The Kier molecular flexibility index (Phi) is 5.41. The highest BCUT2D eigenvalue weighted by Gasteiger charge is 2.25. The van der Waals surface area contributed by atoms with Gasteiger partial charge in [0.05, 0.1) is 0 Å². The first-order valence-electron chi connectivity index (χ1n) is 7.90. The van der Waals surface area contributed by atoms with E-state index in [0.717, 1.165) is 0 Å². The number of ether oxygens (including phenoxy) is 1. The van der Waals surface area contributed by atoms with Crippen LogP contribution in [0.15, 0.2) is 28.7 Å². The molecule has 1 amide bonds. The summed E-state index contributed by atoms with van der Waals surface area (Å²) in [5, 5.41) is 2.62. The summed E-state index contributed by atoms with van der Waals surface area (Å²) < 4.78 is 10.7. The Morgan fingerprint density at radius 2 is 1.64 bits per heavy atom. The molecule has 1 atom stereocenters. The Balaban J connectivity index is 2.09. The van der Waals surface area contributed by atoms with E-state index in [0.29, 0.717) is 33.9 Å². The van der Waals surface area contributed by atoms with Crippen LogP contribution in [0.3, 0.4) is 0 Å². The summed E-state index contributed by atoms with van der Waals surface area (Å²) in [5.74, 6) is 0.0274. The first-order chi connectivity index (χ1) is 11.7. The number of esters is 1. The van der Waals surface area contributed by atoms with Crippen molar-refractivity contribution in [2.24, 2.45) is 0 Å². The van der Waals surface area contributed by atoms with Gasteiger partial charge in [0.2, 0.25) is 11.7 Å². The zero-order chi connectivity index (χ0) is 18.7. The summed E-state index contributed by atoms with van der Waals surface area (Å²) in [6.45, 7) is 8.16. The van der Waals surface area contributed by atoms with E-state index in [1.54, 1.807) is 45.0 Å². The fourth-order valence-corrected chi connectivity index (χ4v) is 2.52. The predicted molar refractivity (Wildman–Crippen MR) is 92.9 cm³/mol. The molecule has 0 saturated carbocycles. The average molecular weight is 343 g/mol. The third-order valence-corrected chi connectivity index (χ3v) is 3.91. The smallest absolute Gasteiger partial charge is 0.342 e. The maximum atomic E-state index is 12.4. The quantitative estimate of drug-likeness (QED) is 0.662. The van der Waals surface area contributed by atoms with Gasteiger partial charge >= 0.3 is 5.97 Å². The molecule has 2 aromatic rings. The summed E-state index contributed by atoms with van der Waals surface area (Å²) in [6, 6.07) is 6.40. The number of ketones is 1. The Labute approximate surface area is 146 Å². The SMILES string of the molecule is CC(=O)Nc1ccc(C(=O)[C@H](C)OC(=O)c2c(C)oc(C)c2C)cc1. The van der Waals surface area contributed by atoms with Crippen molar-refractivity contribution in [1.29, 1.82) is 0 Å². The maximum Gasteiger partial charge on any atom is 0.342 e. The standard InChI is InChI=1S/C19H21NO5/c1-10-11(2)24-12(3)17(10)19(23)25-13(4)18(22)15-6-8-16(9-7-15)20-14(5)21/h6-9,13H,1-5H3,(H,20,21)/t13-/m0/s1. The van der Waals surface area contributed by atoms with Crippen LogP contribution in [0.2, 0.25) is 0 Å². The largest absolute Gasteiger partial charge is 0.465 e. The van der Waals surface area contributed by atoms with Crippen LogP contribution in [0.5, 0.6) is 0 Å². The number of carbonyl (C=O) groups excluding carboxylic acids is 3. The Morgan fingerprint density at radius 3 is 2.12 bits per heavy atom. The number of Topliss-reactive ketones (excluding diaryl/α,β-unsaturated/α-hetero) is 1. The summed E-state index contributed by atoms with van der Waals surface area (Å²) >= 11 is 0. The van der Waals surface area contributed by atoms with E-state index in [2.05, 4.69) is 5.32 Å². The van der Waals surface area contributed by atoms with Crippen molar-refractivity contribution in [2.45, 2.75) is 40.7 Å². The highest BCUT2D eigenvalue weighted by Crippen LogP contribution is 2.22. The van der Waals surface area contributed by atoms with Crippen molar-refractivity contribution in [3.63, 3.8) is 0 Å².